The fraction of sp³-hybridized carbons (Fsp3) is 0.455. The molecule has 0 saturated heterocycles. The molecular weight excluding hydrogens is 306 g/mol. The molecule has 2 aromatic carbocycles. The Morgan fingerprint density at radius 1 is 0.720 bits per heavy atom. The standard InChI is InChI=1S/C22H33N3/c1-23-15-9-16-24(2)17-10-18-25(19-21-11-5-3-6-12-21)20-22-13-7-4-8-14-22/h3-8,11-14,23H,9-10,15-20H2,1-2H3. The average Bonchev–Trinajstić information content (AvgIpc) is 2.63. The first-order chi connectivity index (χ1) is 12.3. The molecule has 0 amide bonds. The summed E-state index contributed by atoms with van der Waals surface area (Å²) in [6.07, 6.45) is 2.42. The zero-order valence-corrected chi connectivity index (χ0v) is 15.8. The number of nitrogens with one attached hydrogen (secondary N) is 1. The van der Waals surface area contributed by atoms with Gasteiger partial charge in [0.1, 0.15) is 0 Å². The number of rotatable bonds is 12. The summed E-state index contributed by atoms with van der Waals surface area (Å²) in [4.78, 5) is 5.01. The Balaban J connectivity index is 1.83. The molecule has 0 unspecified atom stereocenters. The Morgan fingerprint density at radius 3 is 1.76 bits per heavy atom. The summed E-state index contributed by atoms with van der Waals surface area (Å²) in [7, 11) is 4.25. The smallest absolute Gasteiger partial charge is 0.0237 e. The number of hydrogen-bond acceptors (Lipinski definition) is 3. The highest BCUT2D eigenvalue weighted by Crippen LogP contribution is 2.10. The van der Waals surface area contributed by atoms with Crippen molar-refractivity contribution in [2.24, 2.45) is 0 Å². The third-order valence-electron chi connectivity index (χ3n) is 4.48. The van der Waals surface area contributed by atoms with E-state index in [0.29, 0.717) is 0 Å². The fourth-order valence-corrected chi connectivity index (χ4v) is 3.10. The molecule has 3 heteroatoms. The molecule has 0 bridgehead atoms. The van der Waals surface area contributed by atoms with E-state index in [1.54, 1.807) is 0 Å². The van der Waals surface area contributed by atoms with Crippen molar-refractivity contribution in [3.05, 3.63) is 71.8 Å². The molecule has 0 fully saturated rings. The Kier molecular flexibility index (Phi) is 9.27. The van der Waals surface area contributed by atoms with Crippen molar-refractivity contribution in [1.82, 2.24) is 15.1 Å². The Morgan fingerprint density at radius 2 is 1.24 bits per heavy atom. The molecule has 2 rings (SSSR count). The second-order valence-corrected chi connectivity index (χ2v) is 6.80. The Labute approximate surface area is 153 Å². The lowest BCUT2D eigenvalue weighted by Crippen LogP contribution is -2.29. The minimum Gasteiger partial charge on any atom is -0.320 e. The van der Waals surface area contributed by atoms with E-state index in [-0.39, 0.29) is 0 Å². The summed E-state index contributed by atoms with van der Waals surface area (Å²) in [5.41, 5.74) is 2.78. The van der Waals surface area contributed by atoms with Crippen LogP contribution in [0.25, 0.3) is 0 Å². The van der Waals surface area contributed by atoms with E-state index in [2.05, 4.69) is 82.8 Å². The van der Waals surface area contributed by atoms with Gasteiger partial charge in [-0.05, 0) is 57.7 Å². The van der Waals surface area contributed by atoms with Gasteiger partial charge in [-0.25, -0.2) is 0 Å². The largest absolute Gasteiger partial charge is 0.320 e. The first-order valence-corrected chi connectivity index (χ1v) is 9.41. The van der Waals surface area contributed by atoms with Crippen LogP contribution in [0.3, 0.4) is 0 Å². The second kappa shape index (κ2) is 11.8. The second-order valence-electron chi connectivity index (χ2n) is 6.80. The van der Waals surface area contributed by atoms with Gasteiger partial charge < -0.3 is 10.2 Å². The molecule has 0 aromatic heterocycles. The number of hydrogen-bond donors (Lipinski definition) is 1. The Hall–Kier alpha value is -1.68. The predicted molar refractivity (Wildman–Crippen MR) is 108 cm³/mol. The summed E-state index contributed by atoms with van der Waals surface area (Å²) in [5.74, 6) is 0. The molecule has 0 heterocycles. The molecule has 3 nitrogen and oxygen atoms in total. The van der Waals surface area contributed by atoms with Crippen LogP contribution in [-0.2, 0) is 13.1 Å². The van der Waals surface area contributed by atoms with Gasteiger partial charge in [0, 0.05) is 19.6 Å². The third kappa shape index (κ3) is 8.30. The minimum absolute atomic E-state index is 1.01. The first kappa shape index (κ1) is 19.6. The summed E-state index contributed by atoms with van der Waals surface area (Å²) < 4.78 is 0. The van der Waals surface area contributed by atoms with E-state index in [0.717, 1.165) is 39.3 Å². The quantitative estimate of drug-likeness (QED) is 0.596. The SMILES string of the molecule is CNCCCN(C)CCCN(Cc1ccccc1)Cc1ccccc1. The maximum atomic E-state index is 3.22. The lowest BCUT2D eigenvalue weighted by atomic mass is 10.1. The van der Waals surface area contributed by atoms with Crippen LogP contribution < -0.4 is 5.32 Å². The van der Waals surface area contributed by atoms with Crippen LogP contribution in [0.4, 0.5) is 0 Å². The summed E-state index contributed by atoms with van der Waals surface area (Å²) in [6, 6.07) is 21.6. The molecule has 0 atom stereocenters. The van der Waals surface area contributed by atoms with Crippen LogP contribution in [-0.4, -0.2) is 50.1 Å². The molecule has 136 valence electrons. The highest BCUT2D eigenvalue weighted by molar-refractivity contribution is 5.17. The van der Waals surface area contributed by atoms with Crippen LogP contribution in [0.5, 0.6) is 0 Å². The van der Waals surface area contributed by atoms with Gasteiger partial charge in [0.25, 0.3) is 0 Å². The molecule has 0 saturated carbocycles. The summed E-state index contributed by atoms with van der Waals surface area (Å²) in [5, 5.41) is 3.22. The zero-order chi connectivity index (χ0) is 17.7. The lowest BCUT2D eigenvalue weighted by Gasteiger charge is -2.24. The molecule has 25 heavy (non-hydrogen) atoms. The summed E-state index contributed by atoms with van der Waals surface area (Å²) in [6.45, 7) is 6.57. The molecule has 0 spiro atoms. The van der Waals surface area contributed by atoms with Crippen LogP contribution >= 0.6 is 0 Å². The van der Waals surface area contributed by atoms with Crippen LogP contribution in [0.15, 0.2) is 60.7 Å². The van der Waals surface area contributed by atoms with Gasteiger partial charge in [0.05, 0.1) is 0 Å². The van der Waals surface area contributed by atoms with E-state index < -0.39 is 0 Å². The number of benzene rings is 2. The van der Waals surface area contributed by atoms with Gasteiger partial charge >= 0.3 is 0 Å². The lowest BCUT2D eigenvalue weighted by molar-refractivity contribution is 0.230. The molecule has 0 aliphatic rings. The van der Waals surface area contributed by atoms with Crippen LogP contribution in [0.1, 0.15) is 24.0 Å². The van der Waals surface area contributed by atoms with E-state index >= 15 is 0 Å². The van der Waals surface area contributed by atoms with Gasteiger partial charge in [-0.2, -0.15) is 0 Å². The fourth-order valence-electron chi connectivity index (χ4n) is 3.10. The van der Waals surface area contributed by atoms with Crippen molar-refractivity contribution < 1.29 is 0 Å². The third-order valence-corrected chi connectivity index (χ3v) is 4.48. The van der Waals surface area contributed by atoms with E-state index in [1.807, 2.05) is 7.05 Å². The molecule has 0 aliphatic heterocycles. The molecule has 2 aromatic rings. The van der Waals surface area contributed by atoms with E-state index in [1.165, 1.54) is 24.0 Å². The molecular formula is C22H33N3. The average molecular weight is 340 g/mol. The maximum absolute atomic E-state index is 3.22. The first-order valence-electron chi connectivity index (χ1n) is 9.41. The van der Waals surface area contributed by atoms with Gasteiger partial charge in [-0.15, -0.1) is 0 Å². The molecule has 0 aliphatic carbocycles. The van der Waals surface area contributed by atoms with Crippen LogP contribution in [0, 0.1) is 0 Å². The number of nitrogens with zero attached hydrogens (tertiary/aromatic N) is 2. The maximum Gasteiger partial charge on any atom is 0.0237 e. The van der Waals surface area contributed by atoms with Gasteiger partial charge in [-0.3, -0.25) is 4.90 Å². The van der Waals surface area contributed by atoms with Crippen molar-refractivity contribution in [2.75, 3.05) is 40.3 Å². The van der Waals surface area contributed by atoms with Crippen molar-refractivity contribution in [3.63, 3.8) is 0 Å². The predicted octanol–water partition coefficient (Wildman–Crippen LogP) is 3.62. The van der Waals surface area contributed by atoms with Gasteiger partial charge in [0.2, 0.25) is 0 Å². The Bertz CT molecular complexity index is 514. The highest BCUT2D eigenvalue weighted by Gasteiger charge is 2.08. The van der Waals surface area contributed by atoms with E-state index in [9.17, 15) is 0 Å². The van der Waals surface area contributed by atoms with Crippen molar-refractivity contribution in [3.8, 4) is 0 Å². The van der Waals surface area contributed by atoms with Crippen molar-refractivity contribution >= 4 is 0 Å². The normalized spacial score (nSPS) is 11.4. The summed E-state index contributed by atoms with van der Waals surface area (Å²) >= 11 is 0. The van der Waals surface area contributed by atoms with Gasteiger partial charge in [-0.1, -0.05) is 60.7 Å². The van der Waals surface area contributed by atoms with Crippen molar-refractivity contribution in [1.29, 1.82) is 0 Å². The van der Waals surface area contributed by atoms with E-state index in [4.69, 9.17) is 0 Å². The van der Waals surface area contributed by atoms with Crippen molar-refractivity contribution in [2.45, 2.75) is 25.9 Å². The van der Waals surface area contributed by atoms with Gasteiger partial charge in [0.15, 0.2) is 0 Å². The molecule has 1 N–H and O–H groups in total. The zero-order valence-electron chi connectivity index (χ0n) is 15.8. The minimum atomic E-state index is 1.01. The van der Waals surface area contributed by atoms with Crippen LogP contribution in [0.2, 0.25) is 0 Å². The highest BCUT2D eigenvalue weighted by atomic mass is 15.1. The molecule has 0 radical (unpaired) electrons. The topological polar surface area (TPSA) is 18.5 Å². The monoisotopic (exact) mass is 339 g/mol.